The Morgan fingerprint density at radius 3 is 2.39 bits per heavy atom. The van der Waals surface area contributed by atoms with Gasteiger partial charge in [-0.15, -0.1) is 0 Å². The Labute approximate surface area is 114 Å². The van der Waals surface area contributed by atoms with Crippen molar-refractivity contribution in [1.29, 1.82) is 5.26 Å². The molecule has 0 saturated carbocycles. The van der Waals surface area contributed by atoms with Gasteiger partial charge in [-0.3, -0.25) is 0 Å². The zero-order valence-corrected chi connectivity index (χ0v) is 10.6. The number of rotatable bonds is 2. The lowest BCUT2D eigenvalue weighted by Gasteiger charge is -2.10. The average Bonchev–Trinajstić information content (AvgIpc) is 2.33. The van der Waals surface area contributed by atoms with E-state index >= 15 is 0 Å². The molecule has 2 aromatic rings. The quantitative estimate of drug-likeness (QED) is 0.862. The maximum atomic E-state index is 13.3. The SMILES string of the molecule is N#Cc1cc(F)cc(Nc2c(Cl)cccc2Cl)c1. The number of para-hydroxylation sites is 1. The molecule has 2 rings (SSSR count). The van der Waals surface area contributed by atoms with Gasteiger partial charge in [0.25, 0.3) is 0 Å². The van der Waals surface area contributed by atoms with Gasteiger partial charge in [0.05, 0.1) is 27.4 Å². The van der Waals surface area contributed by atoms with Crippen LogP contribution in [0.2, 0.25) is 10.0 Å². The van der Waals surface area contributed by atoms with Crippen LogP contribution in [0.15, 0.2) is 36.4 Å². The van der Waals surface area contributed by atoms with Gasteiger partial charge in [-0.05, 0) is 30.3 Å². The van der Waals surface area contributed by atoms with E-state index in [1.165, 1.54) is 12.1 Å². The van der Waals surface area contributed by atoms with E-state index < -0.39 is 5.82 Å². The summed E-state index contributed by atoms with van der Waals surface area (Å²) < 4.78 is 13.3. The highest BCUT2D eigenvalue weighted by atomic mass is 35.5. The maximum Gasteiger partial charge on any atom is 0.126 e. The topological polar surface area (TPSA) is 35.8 Å². The van der Waals surface area contributed by atoms with Gasteiger partial charge >= 0.3 is 0 Å². The molecule has 0 fully saturated rings. The molecule has 0 radical (unpaired) electrons. The van der Waals surface area contributed by atoms with Gasteiger partial charge in [0.1, 0.15) is 5.82 Å². The van der Waals surface area contributed by atoms with Gasteiger partial charge in [0.2, 0.25) is 0 Å². The zero-order valence-electron chi connectivity index (χ0n) is 9.05. The summed E-state index contributed by atoms with van der Waals surface area (Å²) >= 11 is 12.0. The monoisotopic (exact) mass is 280 g/mol. The summed E-state index contributed by atoms with van der Waals surface area (Å²) in [6.45, 7) is 0. The molecule has 0 aliphatic rings. The first-order valence-electron chi connectivity index (χ1n) is 5.02. The van der Waals surface area contributed by atoms with Crippen LogP contribution in [0.3, 0.4) is 0 Å². The van der Waals surface area contributed by atoms with Crippen LogP contribution in [0.1, 0.15) is 5.56 Å². The fourth-order valence-corrected chi connectivity index (χ4v) is 1.98. The second-order valence-electron chi connectivity index (χ2n) is 3.56. The molecule has 0 bridgehead atoms. The zero-order chi connectivity index (χ0) is 13.1. The Hall–Kier alpha value is -1.76. The second-order valence-corrected chi connectivity index (χ2v) is 4.38. The van der Waals surface area contributed by atoms with Gasteiger partial charge in [-0.25, -0.2) is 4.39 Å². The van der Waals surface area contributed by atoms with Crippen LogP contribution in [-0.2, 0) is 0 Å². The molecular formula is C13H7Cl2FN2. The molecule has 0 aliphatic carbocycles. The number of nitrogens with one attached hydrogen (secondary N) is 1. The molecule has 0 atom stereocenters. The normalized spacial score (nSPS) is 9.89. The van der Waals surface area contributed by atoms with Crippen molar-refractivity contribution in [3.8, 4) is 6.07 Å². The van der Waals surface area contributed by atoms with Crippen molar-refractivity contribution in [3.63, 3.8) is 0 Å². The van der Waals surface area contributed by atoms with Crippen LogP contribution in [0.25, 0.3) is 0 Å². The Morgan fingerprint density at radius 1 is 1.11 bits per heavy atom. The summed E-state index contributed by atoms with van der Waals surface area (Å²) in [5.41, 5.74) is 1.12. The number of hydrogen-bond acceptors (Lipinski definition) is 2. The first-order chi connectivity index (χ1) is 8.60. The minimum absolute atomic E-state index is 0.223. The third kappa shape index (κ3) is 2.73. The van der Waals surface area contributed by atoms with Crippen LogP contribution in [0.5, 0.6) is 0 Å². The molecule has 90 valence electrons. The van der Waals surface area contributed by atoms with Gasteiger partial charge in [-0.2, -0.15) is 5.26 Å². The second kappa shape index (κ2) is 5.26. The molecule has 18 heavy (non-hydrogen) atoms. The van der Waals surface area contributed by atoms with E-state index in [4.69, 9.17) is 28.5 Å². The lowest BCUT2D eigenvalue weighted by molar-refractivity contribution is 0.628. The van der Waals surface area contributed by atoms with Gasteiger partial charge < -0.3 is 5.32 Å². The van der Waals surface area contributed by atoms with Gasteiger partial charge in [0, 0.05) is 5.69 Å². The van der Waals surface area contributed by atoms with Crippen molar-refractivity contribution < 1.29 is 4.39 Å². The summed E-state index contributed by atoms with van der Waals surface area (Å²) in [4.78, 5) is 0. The predicted octanol–water partition coefficient (Wildman–Crippen LogP) is 4.75. The maximum absolute atomic E-state index is 13.3. The highest BCUT2D eigenvalue weighted by Gasteiger charge is 2.07. The fraction of sp³-hybridized carbons (Fsp3) is 0. The molecule has 0 aromatic heterocycles. The molecule has 0 aliphatic heterocycles. The summed E-state index contributed by atoms with van der Waals surface area (Å²) in [6, 6.07) is 10.9. The lowest BCUT2D eigenvalue weighted by atomic mass is 10.2. The van der Waals surface area contributed by atoms with E-state index in [1.54, 1.807) is 18.2 Å². The third-order valence-corrected chi connectivity index (χ3v) is 2.89. The number of nitrogens with zero attached hydrogens (tertiary/aromatic N) is 1. The lowest BCUT2D eigenvalue weighted by Crippen LogP contribution is -1.94. The molecule has 0 saturated heterocycles. The highest BCUT2D eigenvalue weighted by molar-refractivity contribution is 6.39. The van der Waals surface area contributed by atoms with Crippen LogP contribution in [-0.4, -0.2) is 0 Å². The van der Waals surface area contributed by atoms with Crippen molar-refractivity contribution in [1.82, 2.24) is 0 Å². The van der Waals surface area contributed by atoms with E-state index in [-0.39, 0.29) is 5.56 Å². The minimum Gasteiger partial charge on any atom is -0.353 e. The number of nitriles is 1. The number of hydrogen-bond donors (Lipinski definition) is 1. The molecule has 0 unspecified atom stereocenters. The fourth-order valence-electron chi connectivity index (χ4n) is 1.49. The smallest absolute Gasteiger partial charge is 0.126 e. The summed E-state index contributed by atoms with van der Waals surface area (Å²) in [6.07, 6.45) is 0. The standard InChI is InChI=1S/C13H7Cl2FN2/c14-11-2-1-3-12(15)13(11)18-10-5-8(7-17)4-9(16)6-10/h1-6,18H. The molecule has 0 amide bonds. The third-order valence-electron chi connectivity index (χ3n) is 2.26. The molecule has 0 heterocycles. The van der Waals surface area contributed by atoms with Crippen molar-refractivity contribution in [2.24, 2.45) is 0 Å². The van der Waals surface area contributed by atoms with E-state index in [9.17, 15) is 4.39 Å². The van der Waals surface area contributed by atoms with Crippen LogP contribution in [0.4, 0.5) is 15.8 Å². The Balaban J connectivity index is 2.40. The van der Waals surface area contributed by atoms with Crippen molar-refractivity contribution in [2.75, 3.05) is 5.32 Å². The Bertz CT molecular complexity index is 615. The number of benzene rings is 2. The van der Waals surface area contributed by atoms with Gasteiger partial charge in [0.15, 0.2) is 0 Å². The molecule has 1 N–H and O–H groups in total. The summed E-state index contributed by atoms with van der Waals surface area (Å²) in [7, 11) is 0. The molecule has 0 spiro atoms. The first kappa shape index (κ1) is 12.7. The molecule has 5 heteroatoms. The minimum atomic E-state index is -0.500. The van der Waals surface area contributed by atoms with E-state index in [0.717, 1.165) is 6.07 Å². The number of halogens is 3. The van der Waals surface area contributed by atoms with Crippen molar-refractivity contribution >= 4 is 34.6 Å². The summed E-state index contributed by atoms with van der Waals surface area (Å²) in [5, 5.41) is 12.5. The Kier molecular flexibility index (Phi) is 3.71. The van der Waals surface area contributed by atoms with Crippen LogP contribution >= 0.6 is 23.2 Å². The van der Waals surface area contributed by atoms with Crippen LogP contribution in [0, 0.1) is 17.1 Å². The van der Waals surface area contributed by atoms with E-state index in [1.807, 2.05) is 6.07 Å². The Morgan fingerprint density at radius 2 is 1.78 bits per heavy atom. The summed E-state index contributed by atoms with van der Waals surface area (Å²) in [5.74, 6) is -0.500. The first-order valence-corrected chi connectivity index (χ1v) is 5.77. The molecular weight excluding hydrogens is 274 g/mol. The largest absolute Gasteiger partial charge is 0.353 e. The van der Waals surface area contributed by atoms with Crippen molar-refractivity contribution in [2.45, 2.75) is 0 Å². The molecule has 2 aromatic carbocycles. The van der Waals surface area contributed by atoms with Gasteiger partial charge in [-0.1, -0.05) is 29.3 Å². The van der Waals surface area contributed by atoms with E-state index in [2.05, 4.69) is 5.32 Å². The van der Waals surface area contributed by atoms with E-state index in [0.29, 0.717) is 21.4 Å². The van der Waals surface area contributed by atoms with Crippen LogP contribution < -0.4 is 5.32 Å². The van der Waals surface area contributed by atoms with Crippen molar-refractivity contribution in [3.05, 3.63) is 57.8 Å². The predicted molar refractivity (Wildman–Crippen MR) is 70.9 cm³/mol. The number of anilines is 2. The average molecular weight is 281 g/mol. The highest BCUT2D eigenvalue weighted by Crippen LogP contribution is 2.32. The molecule has 2 nitrogen and oxygen atoms in total.